The van der Waals surface area contributed by atoms with Crippen molar-refractivity contribution in [2.24, 2.45) is 10.9 Å². The Morgan fingerprint density at radius 3 is 2.66 bits per heavy atom. The van der Waals surface area contributed by atoms with Crippen LogP contribution in [0.1, 0.15) is 29.8 Å². The van der Waals surface area contributed by atoms with E-state index in [2.05, 4.69) is 52.7 Å². The molecule has 1 aliphatic heterocycles. The number of nitrogens with zero attached hydrogens (tertiary/aromatic N) is 3. The van der Waals surface area contributed by atoms with Crippen molar-refractivity contribution in [3.8, 4) is 0 Å². The lowest BCUT2D eigenvalue weighted by atomic mass is 10.1. The van der Waals surface area contributed by atoms with Gasteiger partial charge in [0.25, 0.3) is 5.91 Å². The van der Waals surface area contributed by atoms with Crippen LogP contribution in [0.15, 0.2) is 29.3 Å². The summed E-state index contributed by atoms with van der Waals surface area (Å²) >= 11 is 0. The first-order valence-electron chi connectivity index (χ1n) is 10.8. The predicted octanol–water partition coefficient (Wildman–Crippen LogP) is 1.03. The van der Waals surface area contributed by atoms with Crippen LogP contribution in [0, 0.1) is 5.92 Å². The van der Waals surface area contributed by atoms with Gasteiger partial charge in [-0.1, -0.05) is 19.1 Å². The quantitative estimate of drug-likeness (QED) is 0.425. The zero-order valence-electron chi connectivity index (χ0n) is 18.5. The Bertz CT molecular complexity index is 654. The van der Waals surface area contributed by atoms with Gasteiger partial charge in [-0.3, -0.25) is 9.79 Å². The van der Waals surface area contributed by atoms with E-state index in [1.54, 1.807) is 7.05 Å². The normalized spacial score (nSPS) is 17.0. The molecule has 1 aliphatic rings. The Morgan fingerprint density at radius 1 is 1.21 bits per heavy atom. The number of carbonyl (C=O) groups is 1. The van der Waals surface area contributed by atoms with Crippen molar-refractivity contribution in [1.82, 2.24) is 25.8 Å². The van der Waals surface area contributed by atoms with E-state index >= 15 is 0 Å². The molecule has 0 saturated carbocycles. The first kappa shape index (κ1) is 23.2. The first-order valence-corrected chi connectivity index (χ1v) is 10.8. The second kappa shape index (κ2) is 12.4. The molecule has 0 aromatic heterocycles. The van der Waals surface area contributed by atoms with Crippen LogP contribution in [0.2, 0.25) is 0 Å². The summed E-state index contributed by atoms with van der Waals surface area (Å²) in [5, 5.41) is 9.41. The molecule has 7 nitrogen and oxygen atoms in total. The summed E-state index contributed by atoms with van der Waals surface area (Å²) in [5.74, 6) is 1.34. The number of hydrogen-bond donors (Lipinski definition) is 3. The van der Waals surface area contributed by atoms with E-state index in [4.69, 9.17) is 4.99 Å². The summed E-state index contributed by atoms with van der Waals surface area (Å²) in [6.07, 6.45) is 0.839. The molecule has 162 valence electrons. The van der Waals surface area contributed by atoms with Crippen LogP contribution in [-0.2, 0) is 6.42 Å². The monoisotopic (exact) mass is 402 g/mol. The van der Waals surface area contributed by atoms with Crippen LogP contribution >= 0.6 is 0 Å². The van der Waals surface area contributed by atoms with Crippen LogP contribution in [0.4, 0.5) is 0 Å². The van der Waals surface area contributed by atoms with Gasteiger partial charge in [0.1, 0.15) is 0 Å². The molecule has 0 bridgehead atoms. The molecule has 0 spiro atoms. The van der Waals surface area contributed by atoms with E-state index < -0.39 is 0 Å². The van der Waals surface area contributed by atoms with Crippen molar-refractivity contribution < 1.29 is 4.79 Å². The van der Waals surface area contributed by atoms with Crippen molar-refractivity contribution >= 4 is 11.9 Å². The van der Waals surface area contributed by atoms with Gasteiger partial charge in [0.2, 0.25) is 0 Å². The molecule has 1 saturated heterocycles. The molecular weight excluding hydrogens is 364 g/mol. The van der Waals surface area contributed by atoms with Crippen LogP contribution in [0.3, 0.4) is 0 Å². The fraction of sp³-hybridized carbons (Fsp3) is 0.636. The maximum Gasteiger partial charge on any atom is 0.251 e. The van der Waals surface area contributed by atoms with E-state index in [0.29, 0.717) is 11.5 Å². The number of nitrogens with one attached hydrogen (secondary N) is 3. The standard InChI is InChI=1S/C22H38N6O/c1-5-24-22(26-16-18(2)17-28-13-11-27(4)12-14-28)25-10-9-19-7-6-8-20(15-19)21(29)23-3/h6-8,15,18H,5,9-14,16-17H2,1-4H3,(H,23,29)(H2,24,25,26). The first-order chi connectivity index (χ1) is 14.0. The number of guanidine groups is 1. The lowest BCUT2D eigenvalue weighted by Crippen LogP contribution is -2.46. The van der Waals surface area contributed by atoms with Gasteiger partial charge in [-0.05, 0) is 44.0 Å². The van der Waals surface area contributed by atoms with Gasteiger partial charge >= 0.3 is 0 Å². The van der Waals surface area contributed by atoms with Gasteiger partial charge in [-0.2, -0.15) is 0 Å². The molecule has 1 heterocycles. The average molecular weight is 403 g/mol. The summed E-state index contributed by atoms with van der Waals surface area (Å²) in [4.78, 5) is 21.5. The van der Waals surface area contributed by atoms with Gasteiger partial charge in [0.15, 0.2) is 5.96 Å². The van der Waals surface area contributed by atoms with Crippen LogP contribution in [-0.4, -0.2) is 88.1 Å². The largest absolute Gasteiger partial charge is 0.357 e. The van der Waals surface area contributed by atoms with Gasteiger partial charge < -0.3 is 25.8 Å². The Labute approximate surface area is 175 Å². The molecule has 1 amide bonds. The lowest BCUT2D eigenvalue weighted by molar-refractivity contribution is 0.0963. The zero-order valence-corrected chi connectivity index (χ0v) is 18.5. The molecule has 1 unspecified atom stereocenters. The van der Waals surface area contributed by atoms with Crippen molar-refractivity contribution in [1.29, 1.82) is 0 Å². The highest BCUT2D eigenvalue weighted by molar-refractivity contribution is 5.94. The molecule has 0 aliphatic carbocycles. The molecule has 1 aromatic rings. The van der Waals surface area contributed by atoms with Gasteiger partial charge in [0, 0.05) is 65.0 Å². The average Bonchev–Trinajstić information content (AvgIpc) is 2.73. The van der Waals surface area contributed by atoms with Crippen LogP contribution in [0.5, 0.6) is 0 Å². The third-order valence-corrected chi connectivity index (χ3v) is 5.19. The van der Waals surface area contributed by atoms with E-state index in [1.807, 2.05) is 18.2 Å². The highest BCUT2D eigenvalue weighted by Crippen LogP contribution is 2.06. The molecule has 7 heteroatoms. The number of likely N-dealkylation sites (N-methyl/N-ethyl adjacent to an activating group) is 1. The smallest absolute Gasteiger partial charge is 0.251 e. The number of hydrogen-bond acceptors (Lipinski definition) is 4. The number of benzene rings is 1. The highest BCUT2D eigenvalue weighted by Gasteiger charge is 2.16. The van der Waals surface area contributed by atoms with E-state index in [9.17, 15) is 4.79 Å². The zero-order chi connectivity index (χ0) is 21.1. The summed E-state index contributed by atoms with van der Waals surface area (Å²) in [6, 6.07) is 7.77. The summed E-state index contributed by atoms with van der Waals surface area (Å²) in [5.41, 5.74) is 1.83. The van der Waals surface area contributed by atoms with E-state index in [0.717, 1.165) is 70.3 Å². The number of carbonyl (C=O) groups excluding carboxylic acids is 1. The van der Waals surface area contributed by atoms with Crippen molar-refractivity contribution in [3.63, 3.8) is 0 Å². The topological polar surface area (TPSA) is 72.0 Å². The van der Waals surface area contributed by atoms with Crippen molar-refractivity contribution in [3.05, 3.63) is 35.4 Å². The van der Waals surface area contributed by atoms with Gasteiger partial charge in [-0.15, -0.1) is 0 Å². The summed E-state index contributed by atoms with van der Waals surface area (Å²) in [7, 11) is 3.84. The molecule has 3 N–H and O–H groups in total. The second-order valence-corrected chi connectivity index (χ2v) is 7.88. The number of piperazine rings is 1. The fourth-order valence-electron chi connectivity index (χ4n) is 3.46. The Morgan fingerprint density at radius 2 is 1.97 bits per heavy atom. The maximum atomic E-state index is 11.8. The Balaban J connectivity index is 1.79. The van der Waals surface area contributed by atoms with Crippen molar-refractivity contribution in [2.75, 3.05) is 66.5 Å². The van der Waals surface area contributed by atoms with Crippen molar-refractivity contribution in [2.45, 2.75) is 20.3 Å². The Kier molecular flexibility index (Phi) is 9.94. The van der Waals surface area contributed by atoms with Gasteiger partial charge in [-0.25, -0.2) is 0 Å². The minimum absolute atomic E-state index is 0.0518. The molecule has 1 atom stereocenters. The minimum atomic E-state index is -0.0518. The van der Waals surface area contributed by atoms with E-state index in [1.165, 1.54) is 0 Å². The number of amides is 1. The van der Waals surface area contributed by atoms with Crippen LogP contribution < -0.4 is 16.0 Å². The second-order valence-electron chi connectivity index (χ2n) is 7.88. The molecule has 0 radical (unpaired) electrons. The molecular formula is C22H38N6O. The molecule has 29 heavy (non-hydrogen) atoms. The molecule has 1 aromatic carbocycles. The fourth-order valence-corrected chi connectivity index (χ4v) is 3.46. The molecule has 2 rings (SSSR count). The predicted molar refractivity (Wildman–Crippen MR) is 121 cm³/mol. The van der Waals surface area contributed by atoms with Crippen LogP contribution in [0.25, 0.3) is 0 Å². The minimum Gasteiger partial charge on any atom is -0.357 e. The Hall–Kier alpha value is -2.12. The SMILES string of the molecule is CCNC(=NCC(C)CN1CCN(C)CC1)NCCc1cccc(C(=O)NC)c1. The number of aliphatic imine (C=N–C) groups is 1. The summed E-state index contributed by atoms with van der Waals surface area (Å²) in [6.45, 7) is 12.5. The highest BCUT2D eigenvalue weighted by atomic mass is 16.1. The third kappa shape index (κ3) is 8.41. The maximum absolute atomic E-state index is 11.8. The lowest BCUT2D eigenvalue weighted by Gasteiger charge is -2.33. The van der Waals surface area contributed by atoms with E-state index in [-0.39, 0.29) is 5.91 Å². The summed E-state index contributed by atoms with van der Waals surface area (Å²) < 4.78 is 0. The number of rotatable bonds is 9. The molecule has 1 fully saturated rings. The third-order valence-electron chi connectivity index (χ3n) is 5.19. The van der Waals surface area contributed by atoms with Gasteiger partial charge in [0.05, 0.1) is 0 Å².